The van der Waals surface area contributed by atoms with Gasteiger partial charge in [-0.05, 0) is 38.0 Å². The maximum Gasteiger partial charge on any atom is 0.422 e. The fourth-order valence-electron chi connectivity index (χ4n) is 2.00. The predicted molar refractivity (Wildman–Crippen MR) is 90.5 cm³/mol. The van der Waals surface area contributed by atoms with E-state index in [4.69, 9.17) is 4.18 Å². The van der Waals surface area contributed by atoms with Crippen molar-refractivity contribution in [3.8, 4) is 0 Å². The SMILES string of the molecule is CCCC(C)Nc1ccc(C(C)(OSI)C(F)(F)F)cc1. The summed E-state index contributed by atoms with van der Waals surface area (Å²) in [7, 11) is 0.686. The molecule has 0 heterocycles. The van der Waals surface area contributed by atoms with Crippen molar-refractivity contribution in [2.75, 3.05) is 5.32 Å². The Morgan fingerprint density at radius 3 is 2.29 bits per heavy atom. The van der Waals surface area contributed by atoms with E-state index >= 15 is 0 Å². The number of hydrogen-bond acceptors (Lipinski definition) is 3. The van der Waals surface area contributed by atoms with Crippen LogP contribution in [0.3, 0.4) is 0 Å². The van der Waals surface area contributed by atoms with Gasteiger partial charge in [0, 0.05) is 32.9 Å². The molecule has 2 nitrogen and oxygen atoms in total. The van der Waals surface area contributed by atoms with Gasteiger partial charge in [0.05, 0.1) is 9.21 Å². The lowest BCUT2D eigenvalue weighted by Crippen LogP contribution is -2.40. The molecule has 0 radical (unpaired) electrons. The average Bonchev–Trinajstić information content (AvgIpc) is 2.38. The highest BCUT2D eigenvalue weighted by molar-refractivity contribution is 14.2. The van der Waals surface area contributed by atoms with Crippen molar-refractivity contribution in [1.29, 1.82) is 0 Å². The van der Waals surface area contributed by atoms with Gasteiger partial charge < -0.3 is 5.32 Å². The van der Waals surface area contributed by atoms with Gasteiger partial charge in [0.2, 0.25) is 5.60 Å². The van der Waals surface area contributed by atoms with Crippen molar-refractivity contribution in [2.45, 2.75) is 51.4 Å². The third-order valence-corrected chi connectivity index (χ3v) is 4.25. The van der Waals surface area contributed by atoms with Crippen LogP contribution in [0.1, 0.15) is 39.2 Å². The van der Waals surface area contributed by atoms with Crippen molar-refractivity contribution in [1.82, 2.24) is 0 Å². The number of rotatable bonds is 7. The van der Waals surface area contributed by atoms with Crippen LogP contribution in [-0.4, -0.2) is 12.2 Å². The van der Waals surface area contributed by atoms with Crippen molar-refractivity contribution < 1.29 is 17.4 Å². The minimum Gasteiger partial charge on any atom is -0.383 e. The second kappa shape index (κ2) is 7.92. The molecule has 1 aromatic rings. The number of hydrogen-bond donors (Lipinski definition) is 1. The normalized spacial score (nSPS) is 16.3. The van der Waals surface area contributed by atoms with Crippen molar-refractivity contribution in [3.63, 3.8) is 0 Å². The molecule has 1 aromatic carbocycles. The zero-order chi connectivity index (χ0) is 16.1. The maximum absolute atomic E-state index is 13.2. The molecule has 0 spiro atoms. The smallest absolute Gasteiger partial charge is 0.383 e. The Morgan fingerprint density at radius 2 is 1.86 bits per heavy atom. The highest BCUT2D eigenvalue weighted by Gasteiger charge is 2.54. The van der Waals surface area contributed by atoms with Gasteiger partial charge in [-0.1, -0.05) is 25.5 Å². The van der Waals surface area contributed by atoms with Gasteiger partial charge in [0.1, 0.15) is 0 Å². The van der Waals surface area contributed by atoms with Crippen LogP contribution in [-0.2, 0) is 9.78 Å². The Bertz CT molecular complexity index is 441. The summed E-state index contributed by atoms with van der Waals surface area (Å²) in [6, 6.07) is 6.53. The Morgan fingerprint density at radius 1 is 1.29 bits per heavy atom. The molecule has 0 aliphatic carbocycles. The zero-order valence-corrected chi connectivity index (χ0v) is 15.1. The molecule has 120 valence electrons. The van der Waals surface area contributed by atoms with Gasteiger partial charge >= 0.3 is 6.18 Å². The summed E-state index contributed by atoms with van der Waals surface area (Å²) >= 11 is 1.69. The van der Waals surface area contributed by atoms with Gasteiger partial charge in [0.15, 0.2) is 0 Å². The Hall–Kier alpha value is -0.150. The summed E-state index contributed by atoms with van der Waals surface area (Å²) in [6.45, 7) is 5.18. The molecule has 0 fully saturated rings. The molecule has 7 heteroatoms. The van der Waals surface area contributed by atoms with Crippen LogP contribution in [0.25, 0.3) is 0 Å². The molecule has 0 amide bonds. The van der Waals surface area contributed by atoms with E-state index in [1.807, 2.05) is 6.92 Å². The Kier molecular flexibility index (Phi) is 7.12. The lowest BCUT2D eigenvalue weighted by atomic mass is 9.95. The van der Waals surface area contributed by atoms with E-state index in [2.05, 4.69) is 12.2 Å². The predicted octanol–water partition coefficient (Wildman–Crippen LogP) is 6.08. The van der Waals surface area contributed by atoms with Gasteiger partial charge in [0.25, 0.3) is 0 Å². The minimum absolute atomic E-state index is 0.0906. The molecule has 1 rings (SSSR count). The van der Waals surface area contributed by atoms with E-state index in [0.717, 1.165) is 25.5 Å². The van der Waals surface area contributed by atoms with E-state index in [-0.39, 0.29) is 11.6 Å². The second-order valence-electron chi connectivity index (χ2n) is 5.09. The maximum atomic E-state index is 13.2. The first-order chi connectivity index (χ1) is 9.74. The lowest BCUT2D eigenvalue weighted by Gasteiger charge is -2.30. The molecule has 0 aliphatic rings. The average molecular weight is 433 g/mol. The second-order valence-corrected chi connectivity index (χ2v) is 6.46. The van der Waals surface area contributed by atoms with Crippen LogP contribution < -0.4 is 5.32 Å². The highest BCUT2D eigenvalue weighted by atomic mass is 127. The largest absolute Gasteiger partial charge is 0.422 e. The van der Waals surface area contributed by atoms with E-state index in [1.54, 1.807) is 33.3 Å². The molecule has 2 atom stereocenters. The summed E-state index contributed by atoms with van der Waals surface area (Å²) in [4.78, 5) is 0. The van der Waals surface area contributed by atoms with Crippen LogP contribution in [0.4, 0.5) is 18.9 Å². The molecule has 0 bridgehead atoms. The van der Waals surface area contributed by atoms with Crippen molar-refractivity contribution in [3.05, 3.63) is 29.8 Å². The highest BCUT2D eigenvalue weighted by Crippen LogP contribution is 2.45. The molecule has 0 saturated heterocycles. The number of benzene rings is 1. The summed E-state index contributed by atoms with van der Waals surface area (Å²) in [5.74, 6) is 0. The first-order valence-electron chi connectivity index (χ1n) is 6.64. The first-order valence-corrected chi connectivity index (χ1v) is 9.93. The van der Waals surface area contributed by atoms with Crippen LogP contribution in [0.5, 0.6) is 0 Å². The number of nitrogens with one attached hydrogen (secondary N) is 1. The number of anilines is 1. The molecule has 2 unspecified atom stereocenters. The molecule has 0 aromatic heterocycles. The van der Waals surface area contributed by atoms with Crippen LogP contribution >= 0.6 is 30.4 Å². The van der Waals surface area contributed by atoms with Gasteiger partial charge in [-0.2, -0.15) is 13.2 Å². The monoisotopic (exact) mass is 433 g/mol. The van der Waals surface area contributed by atoms with E-state index in [1.165, 1.54) is 12.1 Å². The third kappa shape index (κ3) is 4.92. The minimum atomic E-state index is -4.48. The van der Waals surface area contributed by atoms with Crippen LogP contribution in [0, 0.1) is 0 Å². The van der Waals surface area contributed by atoms with E-state index in [0.29, 0.717) is 9.21 Å². The van der Waals surface area contributed by atoms with Crippen molar-refractivity contribution >= 4 is 36.1 Å². The molecular formula is C14H19F3INOS. The van der Waals surface area contributed by atoms with E-state index in [9.17, 15) is 13.2 Å². The molecular weight excluding hydrogens is 414 g/mol. The zero-order valence-electron chi connectivity index (χ0n) is 12.1. The van der Waals surface area contributed by atoms with Crippen LogP contribution in [0.2, 0.25) is 0 Å². The molecule has 0 saturated carbocycles. The summed E-state index contributed by atoms with van der Waals surface area (Å²) in [5, 5.41) is 3.26. The molecule has 0 aliphatic heterocycles. The fraction of sp³-hybridized carbons (Fsp3) is 0.571. The van der Waals surface area contributed by atoms with Gasteiger partial charge in [-0.15, -0.1) is 0 Å². The van der Waals surface area contributed by atoms with Crippen molar-refractivity contribution in [2.24, 2.45) is 0 Å². The van der Waals surface area contributed by atoms with Crippen LogP contribution in [0.15, 0.2) is 24.3 Å². The number of alkyl halides is 3. The summed E-state index contributed by atoms with van der Waals surface area (Å²) in [5.41, 5.74) is -1.41. The Balaban J connectivity index is 2.93. The summed E-state index contributed by atoms with van der Waals surface area (Å²) < 4.78 is 44.6. The quantitative estimate of drug-likeness (QED) is 0.416. The van der Waals surface area contributed by atoms with E-state index < -0.39 is 11.8 Å². The first kappa shape index (κ1) is 18.9. The molecule has 1 N–H and O–H groups in total. The summed E-state index contributed by atoms with van der Waals surface area (Å²) in [6.07, 6.45) is -2.41. The number of halogens is 4. The fourth-order valence-corrected chi connectivity index (χ4v) is 3.39. The standard InChI is InChI=1S/C14H19F3INOS/c1-4-5-10(2)19-12-8-6-11(7-9-12)13(3,20-21-18)14(15,16)17/h6-10,19H,4-5H2,1-3H3. The van der Waals surface area contributed by atoms with Gasteiger partial charge in [-0.3, -0.25) is 4.18 Å². The topological polar surface area (TPSA) is 21.3 Å². The Labute approximate surface area is 140 Å². The van der Waals surface area contributed by atoms with Gasteiger partial charge in [-0.25, -0.2) is 0 Å². The molecule has 21 heavy (non-hydrogen) atoms. The third-order valence-electron chi connectivity index (χ3n) is 3.31. The lowest BCUT2D eigenvalue weighted by molar-refractivity contribution is -0.242.